The Bertz CT molecular complexity index is 1370. The number of anilines is 1. The van der Waals surface area contributed by atoms with Crippen LogP contribution >= 0.6 is 0 Å². The Hall–Kier alpha value is -3.44. The molecule has 5 heteroatoms. The van der Waals surface area contributed by atoms with Crippen LogP contribution in [0, 0.1) is 6.92 Å². The minimum absolute atomic E-state index is 0.323. The summed E-state index contributed by atoms with van der Waals surface area (Å²) in [6.07, 6.45) is 2.21. The van der Waals surface area contributed by atoms with Gasteiger partial charge in [-0.3, -0.25) is 9.29 Å². The van der Waals surface area contributed by atoms with E-state index in [1.807, 2.05) is 73.7 Å². The first-order chi connectivity index (χ1) is 16.0. The van der Waals surface area contributed by atoms with E-state index in [0.29, 0.717) is 17.9 Å². The molecule has 1 aliphatic rings. The Balaban J connectivity index is 1.66. The Morgan fingerprint density at radius 2 is 1.55 bits per heavy atom. The minimum Gasteiger partial charge on any atom is -0.266 e. The van der Waals surface area contributed by atoms with Crippen LogP contribution in [-0.4, -0.2) is 19.9 Å². The Morgan fingerprint density at radius 3 is 2.24 bits per heavy atom. The zero-order chi connectivity index (χ0) is 22.8. The quantitative estimate of drug-likeness (QED) is 0.384. The van der Waals surface area contributed by atoms with E-state index in [0.717, 1.165) is 52.2 Å². The molecule has 0 bridgehead atoms. The zero-order valence-electron chi connectivity index (χ0n) is 18.6. The molecule has 1 aromatic heterocycles. The average Bonchev–Trinajstić information content (AvgIpc) is 2.84. The molecule has 0 amide bonds. The van der Waals surface area contributed by atoms with Gasteiger partial charge in [0.1, 0.15) is 0 Å². The molecule has 4 nitrogen and oxygen atoms in total. The topological polar surface area (TPSA) is 50.3 Å². The van der Waals surface area contributed by atoms with E-state index in [9.17, 15) is 8.42 Å². The standard InChI is InChI=1S/C28H26N2O2S/c1-21-14-16-25(17-15-21)33(31,32)30-18-8-13-26-27(30)20-24(19-22-9-4-2-5-10-22)29-28(26)23-11-6-3-7-12-23/h2-7,9-12,14-17,20H,8,13,18-19H2,1H3. The Kier molecular flexibility index (Phi) is 5.73. The minimum atomic E-state index is -3.68. The Labute approximate surface area is 195 Å². The van der Waals surface area contributed by atoms with E-state index in [-0.39, 0.29) is 0 Å². The summed E-state index contributed by atoms with van der Waals surface area (Å²) in [7, 11) is -3.68. The van der Waals surface area contributed by atoms with Crippen LogP contribution in [0.5, 0.6) is 0 Å². The van der Waals surface area contributed by atoms with E-state index in [2.05, 4.69) is 12.1 Å². The maximum Gasteiger partial charge on any atom is 0.264 e. The third kappa shape index (κ3) is 4.29. The van der Waals surface area contributed by atoms with Gasteiger partial charge in [0.05, 0.1) is 16.3 Å². The van der Waals surface area contributed by atoms with Gasteiger partial charge in [-0.25, -0.2) is 8.42 Å². The molecule has 0 unspecified atom stereocenters. The summed E-state index contributed by atoms with van der Waals surface area (Å²) in [6.45, 7) is 2.42. The molecule has 0 spiro atoms. The highest BCUT2D eigenvalue weighted by Gasteiger charge is 2.31. The fourth-order valence-corrected chi connectivity index (χ4v) is 5.94. The van der Waals surface area contributed by atoms with Crippen molar-refractivity contribution in [2.45, 2.75) is 31.1 Å². The Morgan fingerprint density at radius 1 is 0.879 bits per heavy atom. The van der Waals surface area contributed by atoms with E-state index >= 15 is 0 Å². The normalized spacial score (nSPS) is 13.5. The van der Waals surface area contributed by atoms with Crippen molar-refractivity contribution in [3.8, 4) is 11.3 Å². The highest BCUT2D eigenvalue weighted by molar-refractivity contribution is 7.92. The van der Waals surface area contributed by atoms with Gasteiger partial charge in [-0.15, -0.1) is 0 Å². The molecule has 166 valence electrons. The predicted octanol–water partition coefficient (Wildman–Crippen LogP) is 5.79. The van der Waals surface area contributed by atoms with E-state index in [1.54, 1.807) is 16.4 Å². The van der Waals surface area contributed by atoms with Crippen LogP contribution in [0.1, 0.15) is 28.8 Å². The van der Waals surface area contributed by atoms with Crippen molar-refractivity contribution in [2.24, 2.45) is 0 Å². The maximum absolute atomic E-state index is 13.7. The van der Waals surface area contributed by atoms with Gasteiger partial charge in [0, 0.05) is 29.8 Å². The van der Waals surface area contributed by atoms with Crippen LogP contribution in [0.4, 0.5) is 5.69 Å². The van der Waals surface area contributed by atoms with Gasteiger partial charge in [0.25, 0.3) is 10.0 Å². The van der Waals surface area contributed by atoms with Crippen LogP contribution < -0.4 is 4.31 Å². The summed E-state index contributed by atoms with van der Waals surface area (Å²) in [5.41, 5.74) is 6.69. The number of hydrogen-bond donors (Lipinski definition) is 0. The van der Waals surface area contributed by atoms with Gasteiger partial charge in [0.15, 0.2) is 0 Å². The highest BCUT2D eigenvalue weighted by atomic mass is 32.2. The lowest BCUT2D eigenvalue weighted by Crippen LogP contribution is -2.36. The highest BCUT2D eigenvalue weighted by Crippen LogP contribution is 2.38. The number of sulfonamides is 1. The number of fused-ring (bicyclic) bond motifs is 1. The number of aromatic nitrogens is 1. The molecule has 0 saturated heterocycles. The van der Waals surface area contributed by atoms with Crippen molar-refractivity contribution in [2.75, 3.05) is 10.8 Å². The van der Waals surface area contributed by atoms with E-state index in [4.69, 9.17) is 4.98 Å². The molecule has 0 aliphatic carbocycles. The van der Waals surface area contributed by atoms with Crippen molar-refractivity contribution >= 4 is 15.7 Å². The van der Waals surface area contributed by atoms with Gasteiger partial charge < -0.3 is 0 Å². The average molecular weight is 455 g/mol. The summed E-state index contributed by atoms with van der Waals surface area (Å²) < 4.78 is 29.0. The van der Waals surface area contributed by atoms with Crippen molar-refractivity contribution in [3.05, 3.63) is 113 Å². The van der Waals surface area contributed by atoms with E-state index in [1.165, 1.54) is 0 Å². The number of pyridine rings is 1. The van der Waals surface area contributed by atoms with Crippen LogP contribution in [0.25, 0.3) is 11.3 Å². The molecule has 0 saturated carbocycles. The first kappa shape index (κ1) is 21.4. The number of benzene rings is 3. The smallest absolute Gasteiger partial charge is 0.264 e. The molecule has 2 heterocycles. The number of nitrogens with zero attached hydrogens (tertiary/aromatic N) is 2. The number of rotatable bonds is 5. The SMILES string of the molecule is Cc1ccc(S(=O)(=O)N2CCCc3c2cc(Cc2ccccc2)nc3-c2ccccc2)cc1. The third-order valence-corrected chi connectivity index (χ3v) is 7.92. The molecule has 0 radical (unpaired) electrons. The molecular formula is C28H26N2O2S. The van der Waals surface area contributed by atoms with Crippen molar-refractivity contribution in [1.29, 1.82) is 0 Å². The second-order valence-corrected chi connectivity index (χ2v) is 10.3. The molecule has 33 heavy (non-hydrogen) atoms. The molecule has 5 rings (SSSR count). The first-order valence-electron chi connectivity index (χ1n) is 11.2. The van der Waals surface area contributed by atoms with Gasteiger partial charge in [0.2, 0.25) is 0 Å². The fraction of sp³-hybridized carbons (Fsp3) is 0.179. The van der Waals surface area contributed by atoms with Crippen LogP contribution in [0.2, 0.25) is 0 Å². The zero-order valence-corrected chi connectivity index (χ0v) is 19.4. The van der Waals surface area contributed by atoms with Crippen LogP contribution in [-0.2, 0) is 22.9 Å². The summed E-state index contributed by atoms with van der Waals surface area (Å²) in [5, 5.41) is 0. The van der Waals surface area contributed by atoms with Crippen molar-refractivity contribution in [3.63, 3.8) is 0 Å². The monoisotopic (exact) mass is 454 g/mol. The van der Waals surface area contributed by atoms with Gasteiger partial charge in [-0.1, -0.05) is 78.4 Å². The molecule has 3 aromatic carbocycles. The first-order valence-corrected chi connectivity index (χ1v) is 12.7. The lowest BCUT2D eigenvalue weighted by atomic mass is 9.96. The summed E-state index contributed by atoms with van der Waals surface area (Å²) >= 11 is 0. The summed E-state index contributed by atoms with van der Waals surface area (Å²) in [4.78, 5) is 5.35. The number of hydrogen-bond acceptors (Lipinski definition) is 3. The predicted molar refractivity (Wildman–Crippen MR) is 133 cm³/mol. The second kappa shape index (κ2) is 8.83. The molecule has 4 aromatic rings. The van der Waals surface area contributed by atoms with Crippen molar-refractivity contribution in [1.82, 2.24) is 4.98 Å². The van der Waals surface area contributed by atoms with Gasteiger partial charge in [-0.05, 0) is 43.5 Å². The molecular weight excluding hydrogens is 428 g/mol. The van der Waals surface area contributed by atoms with Crippen LogP contribution in [0.3, 0.4) is 0 Å². The largest absolute Gasteiger partial charge is 0.266 e. The lowest BCUT2D eigenvalue weighted by Gasteiger charge is -2.32. The van der Waals surface area contributed by atoms with Gasteiger partial charge in [-0.2, -0.15) is 0 Å². The molecule has 0 N–H and O–H groups in total. The van der Waals surface area contributed by atoms with Crippen LogP contribution in [0.15, 0.2) is 95.9 Å². The second-order valence-electron chi connectivity index (χ2n) is 8.48. The van der Waals surface area contributed by atoms with E-state index < -0.39 is 10.0 Å². The fourth-order valence-electron chi connectivity index (χ4n) is 4.42. The molecule has 0 atom stereocenters. The summed E-state index contributed by atoms with van der Waals surface area (Å²) in [6, 6.07) is 29.3. The maximum atomic E-state index is 13.7. The third-order valence-electron chi connectivity index (χ3n) is 6.09. The summed E-state index contributed by atoms with van der Waals surface area (Å²) in [5.74, 6) is 0. The van der Waals surface area contributed by atoms with Gasteiger partial charge >= 0.3 is 0 Å². The molecule has 1 aliphatic heterocycles. The molecule has 0 fully saturated rings. The number of aryl methyl sites for hydroxylation is 1. The lowest BCUT2D eigenvalue weighted by molar-refractivity contribution is 0.586. The van der Waals surface area contributed by atoms with Crippen molar-refractivity contribution < 1.29 is 8.42 Å².